The molecule has 2 heterocycles. The average molecular weight is 283 g/mol. The summed E-state index contributed by atoms with van der Waals surface area (Å²) in [6.45, 7) is 2.47. The van der Waals surface area contributed by atoms with Gasteiger partial charge < -0.3 is 10.6 Å². The lowest BCUT2D eigenvalue weighted by Gasteiger charge is -2.16. The Morgan fingerprint density at radius 2 is 2.26 bits per heavy atom. The topological polar surface area (TPSA) is 95.5 Å². The predicted octanol–water partition coefficient (Wildman–Crippen LogP) is -0.701. The van der Waals surface area contributed by atoms with Crippen LogP contribution in [0.4, 0.5) is 0 Å². The van der Waals surface area contributed by atoms with Gasteiger partial charge in [-0.05, 0) is 18.6 Å². The molecule has 0 aromatic carbocycles. The predicted molar refractivity (Wildman–Crippen MR) is 72.3 cm³/mol. The lowest BCUT2D eigenvalue weighted by atomic mass is 10.4. The Hall–Kier alpha value is -1.67. The van der Waals surface area contributed by atoms with Crippen molar-refractivity contribution in [1.82, 2.24) is 20.3 Å². The molecule has 1 aliphatic rings. The number of aliphatic imine (C=N–C) groups is 1. The van der Waals surface area contributed by atoms with E-state index in [1.54, 1.807) is 6.07 Å². The van der Waals surface area contributed by atoms with Gasteiger partial charge in [0.05, 0.1) is 0 Å². The SMILES string of the molecule is O=S(=O)(NCCNC1=NCCCN1)c1cccnc1. The highest BCUT2D eigenvalue weighted by atomic mass is 32.2. The van der Waals surface area contributed by atoms with E-state index in [9.17, 15) is 8.42 Å². The lowest BCUT2D eigenvalue weighted by Crippen LogP contribution is -2.43. The van der Waals surface area contributed by atoms with Crippen LogP contribution in [0.2, 0.25) is 0 Å². The van der Waals surface area contributed by atoms with Crippen LogP contribution in [0.3, 0.4) is 0 Å². The number of guanidine groups is 1. The van der Waals surface area contributed by atoms with Crippen LogP contribution in [-0.2, 0) is 10.0 Å². The molecule has 1 aromatic heterocycles. The number of hydrogen-bond donors (Lipinski definition) is 3. The van der Waals surface area contributed by atoms with Crippen LogP contribution < -0.4 is 15.4 Å². The van der Waals surface area contributed by atoms with E-state index in [0.717, 1.165) is 25.5 Å². The van der Waals surface area contributed by atoms with Gasteiger partial charge in [-0.25, -0.2) is 13.1 Å². The van der Waals surface area contributed by atoms with Gasteiger partial charge >= 0.3 is 0 Å². The average Bonchev–Trinajstić information content (AvgIpc) is 2.46. The van der Waals surface area contributed by atoms with Crippen LogP contribution >= 0.6 is 0 Å². The van der Waals surface area contributed by atoms with Crippen molar-refractivity contribution in [3.8, 4) is 0 Å². The first-order valence-corrected chi connectivity index (χ1v) is 7.59. The Labute approximate surface area is 112 Å². The van der Waals surface area contributed by atoms with E-state index in [-0.39, 0.29) is 11.4 Å². The van der Waals surface area contributed by atoms with Crippen molar-refractivity contribution in [3.63, 3.8) is 0 Å². The zero-order valence-corrected chi connectivity index (χ0v) is 11.3. The zero-order valence-electron chi connectivity index (χ0n) is 10.5. The van der Waals surface area contributed by atoms with Crippen LogP contribution in [-0.4, -0.2) is 45.5 Å². The number of aromatic nitrogens is 1. The van der Waals surface area contributed by atoms with Gasteiger partial charge in [0.1, 0.15) is 4.90 Å². The number of nitrogens with one attached hydrogen (secondary N) is 3. The van der Waals surface area contributed by atoms with Crippen LogP contribution in [0.1, 0.15) is 6.42 Å². The Bertz CT molecular complexity index is 529. The summed E-state index contributed by atoms with van der Waals surface area (Å²) in [5.74, 6) is 0.729. The van der Waals surface area contributed by atoms with Gasteiger partial charge in [0, 0.05) is 38.6 Å². The molecule has 0 saturated carbocycles. The van der Waals surface area contributed by atoms with E-state index in [1.807, 2.05) is 0 Å². The minimum atomic E-state index is -3.48. The van der Waals surface area contributed by atoms with Gasteiger partial charge in [-0.3, -0.25) is 9.98 Å². The molecule has 2 rings (SSSR count). The fourth-order valence-corrected chi connectivity index (χ4v) is 2.60. The third-order valence-electron chi connectivity index (χ3n) is 2.55. The van der Waals surface area contributed by atoms with Crippen molar-refractivity contribution in [2.24, 2.45) is 4.99 Å². The van der Waals surface area contributed by atoms with Crippen molar-refractivity contribution in [1.29, 1.82) is 0 Å². The summed E-state index contributed by atoms with van der Waals surface area (Å²) in [5, 5.41) is 6.14. The maximum absolute atomic E-state index is 11.9. The first kappa shape index (κ1) is 13.8. The minimum absolute atomic E-state index is 0.170. The molecule has 0 unspecified atom stereocenters. The molecule has 0 radical (unpaired) electrons. The van der Waals surface area contributed by atoms with Crippen LogP contribution in [0.25, 0.3) is 0 Å². The Balaban J connectivity index is 1.78. The summed E-state index contributed by atoms with van der Waals surface area (Å²) in [7, 11) is -3.48. The highest BCUT2D eigenvalue weighted by Gasteiger charge is 2.12. The molecule has 1 aliphatic heterocycles. The molecule has 19 heavy (non-hydrogen) atoms. The monoisotopic (exact) mass is 283 g/mol. The molecule has 8 heteroatoms. The lowest BCUT2D eigenvalue weighted by molar-refractivity contribution is 0.579. The van der Waals surface area contributed by atoms with E-state index < -0.39 is 10.0 Å². The van der Waals surface area contributed by atoms with Crippen LogP contribution in [0.5, 0.6) is 0 Å². The van der Waals surface area contributed by atoms with Crippen molar-refractivity contribution in [3.05, 3.63) is 24.5 Å². The number of rotatable bonds is 5. The second kappa shape index (κ2) is 6.48. The van der Waals surface area contributed by atoms with Gasteiger partial charge in [-0.1, -0.05) is 0 Å². The Kier molecular flexibility index (Phi) is 4.69. The van der Waals surface area contributed by atoms with E-state index in [2.05, 4.69) is 25.3 Å². The molecule has 0 saturated heterocycles. The van der Waals surface area contributed by atoms with E-state index in [4.69, 9.17) is 0 Å². The molecule has 0 bridgehead atoms. The standard InChI is InChI=1S/C11H17N5O2S/c17-19(18,10-3-1-4-12-9-10)16-8-7-15-11-13-5-2-6-14-11/h1,3-4,9,16H,2,5-8H2,(H2,13,14,15). The third-order valence-corrected chi connectivity index (χ3v) is 4.00. The van der Waals surface area contributed by atoms with Crippen LogP contribution in [0, 0.1) is 0 Å². The highest BCUT2D eigenvalue weighted by molar-refractivity contribution is 7.89. The molecule has 1 aromatic rings. The first-order valence-electron chi connectivity index (χ1n) is 6.10. The maximum Gasteiger partial charge on any atom is 0.242 e. The molecular formula is C11H17N5O2S. The molecule has 104 valence electrons. The quantitative estimate of drug-likeness (QED) is 0.621. The van der Waals surface area contributed by atoms with Gasteiger partial charge in [0.25, 0.3) is 0 Å². The summed E-state index contributed by atoms with van der Waals surface area (Å²) in [5.41, 5.74) is 0. The summed E-state index contributed by atoms with van der Waals surface area (Å²) in [4.78, 5) is 8.19. The smallest absolute Gasteiger partial charge is 0.242 e. The van der Waals surface area contributed by atoms with Crippen molar-refractivity contribution >= 4 is 16.0 Å². The number of pyridine rings is 1. The fraction of sp³-hybridized carbons (Fsp3) is 0.455. The largest absolute Gasteiger partial charge is 0.356 e. The van der Waals surface area contributed by atoms with Gasteiger partial charge in [0.2, 0.25) is 10.0 Å². The van der Waals surface area contributed by atoms with Crippen molar-refractivity contribution in [2.45, 2.75) is 11.3 Å². The number of hydrogen-bond acceptors (Lipinski definition) is 6. The van der Waals surface area contributed by atoms with Crippen molar-refractivity contribution in [2.75, 3.05) is 26.2 Å². The molecular weight excluding hydrogens is 266 g/mol. The highest BCUT2D eigenvalue weighted by Crippen LogP contribution is 2.04. The first-order chi connectivity index (χ1) is 9.18. The third kappa shape index (κ3) is 4.18. The molecule has 7 nitrogen and oxygen atoms in total. The number of nitrogens with zero attached hydrogens (tertiary/aromatic N) is 2. The van der Waals surface area contributed by atoms with Gasteiger partial charge in [-0.15, -0.1) is 0 Å². The molecule has 0 amide bonds. The number of sulfonamides is 1. The fourth-order valence-electron chi connectivity index (χ4n) is 1.61. The summed E-state index contributed by atoms with van der Waals surface area (Å²) < 4.78 is 26.2. The molecule has 0 aliphatic carbocycles. The molecule has 0 spiro atoms. The maximum atomic E-state index is 11.9. The van der Waals surface area contributed by atoms with Crippen LogP contribution in [0.15, 0.2) is 34.4 Å². The molecule has 0 fully saturated rings. The van der Waals surface area contributed by atoms with Gasteiger partial charge in [0.15, 0.2) is 5.96 Å². The Morgan fingerprint density at radius 1 is 1.37 bits per heavy atom. The normalized spacial score (nSPS) is 15.5. The molecule has 3 N–H and O–H groups in total. The van der Waals surface area contributed by atoms with E-state index in [0.29, 0.717) is 6.54 Å². The molecule has 0 atom stereocenters. The zero-order chi connectivity index (χ0) is 13.6. The second-order valence-corrected chi connectivity index (χ2v) is 5.79. The minimum Gasteiger partial charge on any atom is -0.356 e. The Morgan fingerprint density at radius 3 is 2.95 bits per heavy atom. The van der Waals surface area contributed by atoms with Gasteiger partial charge in [-0.2, -0.15) is 0 Å². The van der Waals surface area contributed by atoms with Crippen molar-refractivity contribution < 1.29 is 8.42 Å². The second-order valence-electron chi connectivity index (χ2n) is 4.02. The summed E-state index contributed by atoms with van der Waals surface area (Å²) >= 11 is 0. The summed E-state index contributed by atoms with van der Waals surface area (Å²) in [6, 6.07) is 3.10. The summed E-state index contributed by atoms with van der Waals surface area (Å²) in [6.07, 6.45) is 3.88. The van der Waals surface area contributed by atoms with E-state index >= 15 is 0 Å². The van der Waals surface area contributed by atoms with E-state index in [1.165, 1.54) is 18.5 Å².